The van der Waals surface area contributed by atoms with Gasteiger partial charge in [0.2, 0.25) is 18.6 Å². The zero-order chi connectivity index (χ0) is 21.1. The van der Waals surface area contributed by atoms with Gasteiger partial charge in [-0.15, -0.1) is 0 Å². The maximum absolute atomic E-state index is 12.8. The molecule has 2 aromatic rings. The van der Waals surface area contributed by atoms with Gasteiger partial charge in [-0.05, 0) is 35.1 Å². The Morgan fingerprint density at radius 2 is 1.62 bits per heavy atom. The lowest BCUT2D eigenvalue weighted by atomic mass is 9.91. The second-order valence-corrected chi connectivity index (χ2v) is 7.82. The Balaban J connectivity index is 1.87. The molecule has 0 saturated heterocycles. The number of para-hydroxylation sites is 1. The van der Waals surface area contributed by atoms with Crippen LogP contribution in [0.2, 0.25) is 0 Å². The van der Waals surface area contributed by atoms with Gasteiger partial charge in [-0.2, -0.15) is 0 Å². The van der Waals surface area contributed by atoms with Gasteiger partial charge in [0.05, 0.1) is 5.69 Å². The van der Waals surface area contributed by atoms with Crippen LogP contribution in [0.1, 0.15) is 57.6 Å². The van der Waals surface area contributed by atoms with Crippen LogP contribution >= 0.6 is 0 Å². The molecule has 3 rings (SSSR count). The molecule has 0 radical (unpaired) electrons. The van der Waals surface area contributed by atoms with Crippen LogP contribution in [-0.2, 0) is 9.59 Å². The molecular weight excluding hydrogens is 368 g/mol. The number of carbonyl (C=O) groups excluding carboxylic acids is 2. The summed E-state index contributed by atoms with van der Waals surface area (Å²) in [5, 5.41) is 2.86. The normalized spacial score (nSPS) is 12.4. The molecule has 6 heteroatoms. The Morgan fingerprint density at radius 1 is 1.00 bits per heavy atom. The first-order valence-corrected chi connectivity index (χ1v) is 9.88. The molecule has 2 amide bonds. The van der Waals surface area contributed by atoms with Gasteiger partial charge in [0.25, 0.3) is 0 Å². The lowest BCUT2D eigenvalue weighted by Gasteiger charge is -2.29. The molecule has 0 spiro atoms. The van der Waals surface area contributed by atoms with E-state index in [9.17, 15) is 9.59 Å². The number of hydrogen-bond donors (Lipinski definition) is 1. The minimum Gasteiger partial charge on any atom is -0.454 e. The quantitative estimate of drug-likeness (QED) is 0.771. The van der Waals surface area contributed by atoms with Gasteiger partial charge in [0.15, 0.2) is 11.5 Å². The van der Waals surface area contributed by atoms with Gasteiger partial charge in [-0.25, -0.2) is 0 Å². The average Bonchev–Trinajstić information content (AvgIpc) is 3.13. The van der Waals surface area contributed by atoms with Crippen LogP contribution in [0, 0.1) is 0 Å². The average molecular weight is 396 g/mol. The topological polar surface area (TPSA) is 67.9 Å². The molecule has 2 aromatic carbocycles. The monoisotopic (exact) mass is 396 g/mol. The number of nitrogens with zero attached hydrogens (tertiary/aromatic N) is 1. The number of hydrogen-bond acceptors (Lipinski definition) is 4. The van der Waals surface area contributed by atoms with E-state index in [4.69, 9.17) is 9.47 Å². The molecule has 1 N–H and O–H groups in total. The number of rotatable bonds is 6. The van der Waals surface area contributed by atoms with E-state index in [0.717, 1.165) is 16.8 Å². The SMILES string of the molecule is CC(=O)N(CC(=O)Nc1ccc2c(c1)OCO2)c1c(C(C)C)cccc1C(C)C. The smallest absolute Gasteiger partial charge is 0.244 e. The fourth-order valence-corrected chi connectivity index (χ4v) is 3.49. The second kappa shape index (κ2) is 8.55. The van der Waals surface area contributed by atoms with Gasteiger partial charge < -0.3 is 19.7 Å². The van der Waals surface area contributed by atoms with E-state index >= 15 is 0 Å². The molecule has 0 unspecified atom stereocenters. The minimum absolute atomic E-state index is 0.0623. The number of benzene rings is 2. The van der Waals surface area contributed by atoms with Crippen molar-refractivity contribution in [3.8, 4) is 11.5 Å². The highest BCUT2D eigenvalue weighted by Gasteiger charge is 2.24. The maximum atomic E-state index is 12.8. The summed E-state index contributed by atoms with van der Waals surface area (Å²) in [4.78, 5) is 26.9. The van der Waals surface area contributed by atoms with E-state index in [1.165, 1.54) is 6.92 Å². The molecular formula is C23H28N2O4. The minimum atomic E-state index is -0.271. The zero-order valence-corrected chi connectivity index (χ0v) is 17.6. The predicted molar refractivity (Wildman–Crippen MR) is 114 cm³/mol. The number of anilines is 2. The van der Waals surface area contributed by atoms with Crippen LogP contribution in [0.3, 0.4) is 0 Å². The van der Waals surface area contributed by atoms with Crippen molar-refractivity contribution < 1.29 is 19.1 Å². The summed E-state index contributed by atoms with van der Waals surface area (Å²) >= 11 is 0. The molecule has 0 bridgehead atoms. The number of nitrogens with one attached hydrogen (secondary N) is 1. The molecule has 1 aliphatic rings. The van der Waals surface area contributed by atoms with Crippen molar-refractivity contribution >= 4 is 23.2 Å². The van der Waals surface area contributed by atoms with Gasteiger partial charge in [0, 0.05) is 18.7 Å². The van der Waals surface area contributed by atoms with Gasteiger partial charge in [-0.3, -0.25) is 9.59 Å². The first-order chi connectivity index (χ1) is 13.8. The summed E-state index contributed by atoms with van der Waals surface area (Å²) in [6.45, 7) is 9.97. The third-order valence-electron chi connectivity index (χ3n) is 4.95. The largest absolute Gasteiger partial charge is 0.454 e. The zero-order valence-electron chi connectivity index (χ0n) is 17.6. The van der Waals surface area contributed by atoms with Crippen molar-refractivity contribution in [2.75, 3.05) is 23.6 Å². The standard InChI is InChI=1S/C23H28N2O4/c1-14(2)18-7-6-8-19(15(3)4)23(18)25(16(5)26)12-22(27)24-17-9-10-20-21(11-17)29-13-28-20/h6-11,14-15H,12-13H2,1-5H3,(H,24,27). The van der Waals surface area contributed by atoms with Crippen LogP contribution in [0.4, 0.5) is 11.4 Å². The van der Waals surface area contributed by atoms with Gasteiger partial charge >= 0.3 is 0 Å². The first-order valence-electron chi connectivity index (χ1n) is 9.88. The van der Waals surface area contributed by atoms with E-state index in [1.54, 1.807) is 23.1 Å². The van der Waals surface area contributed by atoms with Crippen molar-refractivity contribution in [2.24, 2.45) is 0 Å². The Bertz CT molecular complexity index is 895. The van der Waals surface area contributed by atoms with E-state index in [1.807, 2.05) is 18.2 Å². The molecule has 0 atom stereocenters. The lowest BCUT2D eigenvalue weighted by Crippen LogP contribution is -2.38. The third-order valence-corrected chi connectivity index (χ3v) is 4.95. The van der Waals surface area contributed by atoms with E-state index in [-0.39, 0.29) is 37.0 Å². The van der Waals surface area contributed by atoms with Gasteiger partial charge in [0.1, 0.15) is 6.54 Å². The molecule has 154 valence electrons. The van der Waals surface area contributed by atoms with Crippen molar-refractivity contribution in [1.82, 2.24) is 0 Å². The van der Waals surface area contributed by atoms with Crippen molar-refractivity contribution in [1.29, 1.82) is 0 Å². The van der Waals surface area contributed by atoms with Crippen molar-refractivity contribution in [3.63, 3.8) is 0 Å². The second-order valence-electron chi connectivity index (χ2n) is 7.82. The highest BCUT2D eigenvalue weighted by atomic mass is 16.7. The van der Waals surface area contributed by atoms with Gasteiger partial charge in [-0.1, -0.05) is 45.9 Å². The Labute approximate surface area is 171 Å². The molecule has 0 fully saturated rings. The van der Waals surface area contributed by atoms with Crippen molar-refractivity contribution in [2.45, 2.75) is 46.5 Å². The lowest BCUT2D eigenvalue weighted by molar-refractivity contribution is -0.120. The number of amides is 2. The molecule has 1 heterocycles. The molecule has 0 aromatic heterocycles. The highest BCUT2D eigenvalue weighted by Crippen LogP contribution is 2.36. The Morgan fingerprint density at radius 3 is 2.21 bits per heavy atom. The Kier molecular flexibility index (Phi) is 6.11. The summed E-state index contributed by atoms with van der Waals surface area (Å²) in [5.74, 6) is 1.26. The highest BCUT2D eigenvalue weighted by molar-refractivity contribution is 6.03. The van der Waals surface area contributed by atoms with Crippen LogP contribution in [0.25, 0.3) is 0 Å². The Hall–Kier alpha value is -3.02. The van der Waals surface area contributed by atoms with Crippen LogP contribution < -0.4 is 19.7 Å². The predicted octanol–water partition coefficient (Wildman–Crippen LogP) is 4.65. The fraction of sp³-hybridized carbons (Fsp3) is 0.391. The summed E-state index contributed by atoms with van der Waals surface area (Å²) < 4.78 is 10.7. The molecule has 29 heavy (non-hydrogen) atoms. The van der Waals surface area contributed by atoms with E-state index in [2.05, 4.69) is 33.0 Å². The molecule has 1 aliphatic heterocycles. The summed E-state index contributed by atoms with van der Waals surface area (Å²) in [7, 11) is 0. The third kappa shape index (κ3) is 4.53. The summed E-state index contributed by atoms with van der Waals surface area (Å²) in [6, 6.07) is 11.3. The van der Waals surface area contributed by atoms with E-state index in [0.29, 0.717) is 17.2 Å². The number of ether oxygens (including phenoxy) is 2. The van der Waals surface area contributed by atoms with E-state index < -0.39 is 0 Å². The van der Waals surface area contributed by atoms with Crippen LogP contribution in [0.15, 0.2) is 36.4 Å². The maximum Gasteiger partial charge on any atom is 0.244 e. The van der Waals surface area contributed by atoms with Crippen LogP contribution in [-0.4, -0.2) is 25.2 Å². The number of fused-ring (bicyclic) bond motifs is 1. The van der Waals surface area contributed by atoms with Crippen LogP contribution in [0.5, 0.6) is 11.5 Å². The summed E-state index contributed by atoms with van der Waals surface area (Å²) in [6.07, 6.45) is 0. The molecule has 0 saturated carbocycles. The fourth-order valence-electron chi connectivity index (χ4n) is 3.49. The number of carbonyl (C=O) groups is 2. The van der Waals surface area contributed by atoms with Crippen molar-refractivity contribution in [3.05, 3.63) is 47.5 Å². The molecule has 0 aliphatic carbocycles. The summed E-state index contributed by atoms with van der Waals surface area (Å²) in [5.41, 5.74) is 3.55. The molecule has 6 nitrogen and oxygen atoms in total. The first kappa shape index (κ1) is 20.7.